The number of aryl methyl sites for hydroxylation is 1. The molecule has 2 rings (SSSR count). The number of benzene rings is 1. The lowest BCUT2D eigenvalue weighted by atomic mass is 10.1. The summed E-state index contributed by atoms with van der Waals surface area (Å²) in [6.07, 6.45) is 1.25. The predicted molar refractivity (Wildman–Crippen MR) is 68.7 cm³/mol. The molecule has 3 nitrogen and oxygen atoms in total. The lowest BCUT2D eigenvalue weighted by molar-refractivity contribution is 0.199. The molecule has 1 aromatic heterocycles. The topological polar surface area (TPSA) is 38.0 Å². The maximum absolute atomic E-state index is 9.49. The molecule has 0 fully saturated rings. The van der Waals surface area contributed by atoms with Crippen LogP contribution in [0.3, 0.4) is 0 Å². The Bertz CT molecular complexity index is 546. The fourth-order valence-corrected chi connectivity index (χ4v) is 2.00. The smallest absolute Gasteiger partial charge is 0.0997 e. The monoisotopic (exact) mass is 250 g/mol. The van der Waals surface area contributed by atoms with Crippen molar-refractivity contribution >= 4 is 11.6 Å². The second-order valence-electron chi connectivity index (χ2n) is 4.17. The van der Waals surface area contributed by atoms with Crippen LogP contribution in [0.5, 0.6) is 0 Å². The van der Waals surface area contributed by atoms with E-state index in [4.69, 9.17) is 11.6 Å². The standard InChI is InChI=1S/C13H15ClN2O/c1-8-9(2)16(7-15-8)13-5-4-11(10(3)17)6-12(13)14/h4-7,10,17H,1-3H3. The molecule has 0 saturated carbocycles. The molecule has 0 aliphatic heterocycles. The molecule has 0 aliphatic carbocycles. The van der Waals surface area contributed by atoms with Crippen molar-refractivity contribution < 1.29 is 5.11 Å². The van der Waals surface area contributed by atoms with Crippen LogP contribution in [0.4, 0.5) is 0 Å². The first-order chi connectivity index (χ1) is 8.00. The molecule has 0 amide bonds. The Labute approximate surface area is 106 Å². The largest absolute Gasteiger partial charge is 0.389 e. The molecule has 90 valence electrons. The molecule has 0 radical (unpaired) electrons. The van der Waals surface area contributed by atoms with Gasteiger partial charge in [0.15, 0.2) is 0 Å². The Hall–Kier alpha value is -1.32. The quantitative estimate of drug-likeness (QED) is 0.889. The molecule has 1 N–H and O–H groups in total. The van der Waals surface area contributed by atoms with Crippen LogP contribution in [0, 0.1) is 13.8 Å². The molecule has 17 heavy (non-hydrogen) atoms. The number of imidazole rings is 1. The summed E-state index contributed by atoms with van der Waals surface area (Å²) in [5, 5.41) is 10.1. The molecular formula is C13H15ClN2O. The average Bonchev–Trinajstić information content (AvgIpc) is 2.60. The molecule has 2 aromatic rings. The van der Waals surface area contributed by atoms with Crippen LogP contribution >= 0.6 is 11.6 Å². The third-order valence-electron chi connectivity index (χ3n) is 2.97. The van der Waals surface area contributed by atoms with Crippen molar-refractivity contribution in [2.24, 2.45) is 0 Å². The molecule has 1 heterocycles. The fraction of sp³-hybridized carbons (Fsp3) is 0.308. The van der Waals surface area contributed by atoms with E-state index in [9.17, 15) is 5.11 Å². The Morgan fingerprint density at radius 2 is 2.06 bits per heavy atom. The summed E-state index contributed by atoms with van der Waals surface area (Å²) in [7, 11) is 0. The molecule has 1 unspecified atom stereocenters. The van der Waals surface area contributed by atoms with E-state index in [2.05, 4.69) is 4.98 Å². The molecule has 0 aliphatic rings. The summed E-state index contributed by atoms with van der Waals surface area (Å²) in [5.74, 6) is 0. The number of aliphatic hydroxyl groups is 1. The van der Waals surface area contributed by atoms with Gasteiger partial charge in [-0.2, -0.15) is 0 Å². The first-order valence-corrected chi connectivity index (χ1v) is 5.87. The lowest BCUT2D eigenvalue weighted by Crippen LogP contribution is -1.98. The van der Waals surface area contributed by atoms with Gasteiger partial charge in [-0.05, 0) is 38.5 Å². The van der Waals surface area contributed by atoms with E-state index in [0.717, 1.165) is 22.6 Å². The number of rotatable bonds is 2. The van der Waals surface area contributed by atoms with Gasteiger partial charge in [0.1, 0.15) is 0 Å². The van der Waals surface area contributed by atoms with Gasteiger partial charge in [0.2, 0.25) is 0 Å². The zero-order valence-electron chi connectivity index (χ0n) is 10.1. The van der Waals surface area contributed by atoms with Gasteiger partial charge < -0.3 is 9.67 Å². The average molecular weight is 251 g/mol. The maximum atomic E-state index is 9.49. The van der Waals surface area contributed by atoms with Crippen molar-refractivity contribution in [3.8, 4) is 5.69 Å². The van der Waals surface area contributed by atoms with Crippen molar-refractivity contribution in [2.45, 2.75) is 26.9 Å². The SMILES string of the molecule is Cc1ncn(-c2ccc(C(C)O)cc2Cl)c1C. The number of halogens is 1. The number of nitrogens with zero attached hydrogens (tertiary/aromatic N) is 2. The number of hydrogen-bond acceptors (Lipinski definition) is 2. The highest BCUT2D eigenvalue weighted by molar-refractivity contribution is 6.32. The van der Waals surface area contributed by atoms with Gasteiger partial charge in [0.25, 0.3) is 0 Å². The van der Waals surface area contributed by atoms with Crippen LogP contribution in [0.2, 0.25) is 5.02 Å². The van der Waals surface area contributed by atoms with Gasteiger partial charge in [0, 0.05) is 5.69 Å². The van der Waals surface area contributed by atoms with Gasteiger partial charge in [-0.3, -0.25) is 0 Å². The Morgan fingerprint density at radius 1 is 1.35 bits per heavy atom. The van der Waals surface area contributed by atoms with Crippen LogP contribution in [0.1, 0.15) is 30.0 Å². The summed E-state index contributed by atoms with van der Waals surface area (Å²) in [6, 6.07) is 5.56. The first-order valence-electron chi connectivity index (χ1n) is 5.49. The van der Waals surface area contributed by atoms with E-state index in [1.54, 1.807) is 19.3 Å². The molecular weight excluding hydrogens is 236 g/mol. The minimum Gasteiger partial charge on any atom is -0.389 e. The van der Waals surface area contributed by atoms with Crippen molar-refractivity contribution in [1.29, 1.82) is 0 Å². The van der Waals surface area contributed by atoms with Crippen molar-refractivity contribution in [2.75, 3.05) is 0 Å². The van der Waals surface area contributed by atoms with E-state index in [1.807, 2.05) is 30.5 Å². The highest BCUT2D eigenvalue weighted by Crippen LogP contribution is 2.26. The summed E-state index contributed by atoms with van der Waals surface area (Å²) < 4.78 is 1.95. The van der Waals surface area contributed by atoms with Crippen molar-refractivity contribution in [3.63, 3.8) is 0 Å². The molecule has 0 spiro atoms. The third-order valence-corrected chi connectivity index (χ3v) is 3.27. The molecule has 0 saturated heterocycles. The molecule has 0 bridgehead atoms. The minimum atomic E-state index is -0.507. The van der Waals surface area contributed by atoms with E-state index < -0.39 is 6.10 Å². The second-order valence-corrected chi connectivity index (χ2v) is 4.58. The Balaban J connectivity index is 2.50. The fourth-order valence-electron chi connectivity index (χ4n) is 1.72. The predicted octanol–water partition coefficient (Wildman–Crippen LogP) is 3.20. The van der Waals surface area contributed by atoms with E-state index in [0.29, 0.717) is 5.02 Å². The van der Waals surface area contributed by atoms with Gasteiger partial charge >= 0.3 is 0 Å². The van der Waals surface area contributed by atoms with Crippen LogP contribution in [-0.4, -0.2) is 14.7 Å². The zero-order chi connectivity index (χ0) is 12.6. The van der Waals surface area contributed by atoms with E-state index >= 15 is 0 Å². The maximum Gasteiger partial charge on any atom is 0.0997 e. The molecule has 1 atom stereocenters. The zero-order valence-corrected chi connectivity index (χ0v) is 10.9. The summed E-state index contributed by atoms with van der Waals surface area (Å²) in [6.45, 7) is 5.68. The highest BCUT2D eigenvalue weighted by Gasteiger charge is 2.10. The van der Waals surface area contributed by atoms with Gasteiger partial charge in [-0.15, -0.1) is 0 Å². The normalized spacial score (nSPS) is 12.8. The summed E-state index contributed by atoms with van der Waals surface area (Å²) in [4.78, 5) is 4.25. The van der Waals surface area contributed by atoms with Crippen LogP contribution < -0.4 is 0 Å². The number of aromatic nitrogens is 2. The molecule has 4 heteroatoms. The van der Waals surface area contributed by atoms with Crippen molar-refractivity contribution in [3.05, 3.63) is 46.5 Å². The molecule has 1 aromatic carbocycles. The minimum absolute atomic E-state index is 0.507. The van der Waals surface area contributed by atoms with Gasteiger partial charge in [-0.25, -0.2) is 4.98 Å². The van der Waals surface area contributed by atoms with Gasteiger partial charge in [-0.1, -0.05) is 17.7 Å². The Kier molecular flexibility index (Phi) is 3.22. The lowest BCUT2D eigenvalue weighted by Gasteiger charge is -2.11. The second kappa shape index (κ2) is 4.51. The van der Waals surface area contributed by atoms with E-state index in [-0.39, 0.29) is 0 Å². The van der Waals surface area contributed by atoms with Crippen LogP contribution in [-0.2, 0) is 0 Å². The van der Waals surface area contributed by atoms with Gasteiger partial charge in [0.05, 0.1) is 28.8 Å². The highest BCUT2D eigenvalue weighted by atomic mass is 35.5. The number of hydrogen-bond donors (Lipinski definition) is 1. The third kappa shape index (κ3) is 2.21. The Morgan fingerprint density at radius 3 is 2.53 bits per heavy atom. The first kappa shape index (κ1) is 12.1. The summed E-state index contributed by atoms with van der Waals surface area (Å²) >= 11 is 6.23. The number of aliphatic hydroxyl groups excluding tert-OH is 1. The van der Waals surface area contributed by atoms with E-state index in [1.165, 1.54) is 0 Å². The van der Waals surface area contributed by atoms with Crippen LogP contribution in [0.25, 0.3) is 5.69 Å². The van der Waals surface area contributed by atoms with Crippen molar-refractivity contribution in [1.82, 2.24) is 9.55 Å². The van der Waals surface area contributed by atoms with Crippen LogP contribution in [0.15, 0.2) is 24.5 Å². The summed E-state index contributed by atoms with van der Waals surface area (Å²) in [5.41, 5.74) is 3.75.